The summed E-state index contributed by atoms with van der Waals surface area (Å²) in [6.45, 7) is 8.70. The second-order valence-electron chi connectivity index (χ2n) is 8.15. The van der Waals surface area contributed by atoms with Gasteiger partial charge in [-0.2, -0.15) is 0 Å². The van der Waals surface area contributed by atoms with Gasteiger partial charge in [-0.15, -0.1) is 0 Å². The van der Waals surface area contributed by atoms with Crippen molar-refractivity contribution in [3.05, 3.63) is 33.8 Å². The minimum atomic E-state index is -0.516. The van der Waals surface area contributed by atoms with Crippen molar-refractivity contribution < 1.29 is 19.1 Å². The summed E-state index contributed by atoms with van der Waals surface area (Å²) < 4.78 is 10.7. The van der Waals surface area contributed by atoms with Crippen molar-refractivity contribution in [2.24, 2.45) is 5.92 Å². The summed E-state index contributed by atoms with van der Waals surface area (Å²) in [4.78, 5) is 25.9. The van der Waals surface area contributed by atoms with E-state index in [-0.39, 0.29) is 18.7 Å². The van der Waals surface area contributed by atoms with Gasteiger partial charge < -0.3 is 19.7 Å². The number of benzene rings is 1. The van der Waals surface area contributed by atoms with Gasteiger partial charge in [-0.3, -0.25) is 0 Å². The number of hydrogen-bond acceptors (Lipinski definition) is 4. The normalized spacial score (nSPS) is 19.9. The molecule has 1 aliphatic heterocycles. The number of halogens is 2. The second kappa shape index (κ2) is 9.70. The molecule has 1 fully saturated rings. The predicted octanol–water partition coefficient (Wildman–Crippen LogP) is 5.26. The first-order valence-corrected chi connectivity index (χ1v) is 10.1. The summed E-state index contributed by atoms with van der Waals surface area (Å²) in [6, 6.07) is 5.10. The largest absolute Gasteiger partial charge is 0.445 e. The van der Waals surface area contributed by atoms with E-state index < -0.39 is 11.7 Å². The fourth-order valence-electron chi connectivity index (χ4n) is 3.19. The van der Waals surface area contributed by atoms with Crippen LogP contribution >= 0.6 is 23.2 Å². The molecule has 0 spiro atoms. The minimum absolute atomic E-state index is 0.0228. The lowest BCUT2D eigenvalue weighted by Gasteiger charge is -2.37. The molecule has 0 aliphatic carbocycles. The molecule has 6 nitrogen and oxygen atoms in total. The van der Waals surface area contributed by atoms with E-state index in [1.807, 2.05) is 27.7 Å². The van der Waals surface area contributed by atoms with Gasteiger partial charge in [-0.05, 0) is 70.2 Å². The Morgan fingerprint density at radius 3 is 2.43 bits per heavy atom. The highest BCUT2D eigenvalue weighted by atomic mass is 35.5. The lowest BCUT2D eigenvalue weighted by molar-refractivity contribution is 0.0467. The van der Waals surface area contributed by atoms with Crippen LogP contribution in [0.15, 0.2) is 18.2 Å². The van der Waals surface area contributed by atoms with Crippen LogP contribution in [0, 0.1) is 5.92 Å². The number of ether oxygens (including phenoxy) is 2. The number of rotatable bonds is 4. The molecular formula is C20H28Cl2N2O4. The monoisotopic (exact) mass is 430 g/mol. The number of carbonyl (C=O) groups is 2. The van der Waals surface area contributed by atoms with Crippen molar-refractivity contribution in [2.75, 3.05) is 13.1 Å². The van der Waals surface area contributed by atoms with Crippen molar-refractivity contribution in [3.63, 3.8) is 0 Å². The van der Waals surface area contributed by atoms with Crippen LogP contribution in [0.3, 0.4) is 0 Å². The van der Waals surface area contributed by atoms with E-state index in [0.29, 0.717) is 29.1 Å². The lowest BCUT2D eigenvalue weighted by atomic mass is 9.92. The van der Waals surface area contributed by atoms with Gasteiger partial charge in [0.2, 0.25) is 0 Å². The van der Waals surface area contributed by atoms with Gasteiger partial charge >= 0.3 is 12.2 Å². The van der Waals surface area contributed by atoms with Crippen LogP contribution < -0.4 is 5.32 Å². The summed E-state index contributed by atoms with van der Waals surface area (Å²) in [6.07, 6.45) is 0.802. The Morgan fingerprint density at radius 1 is 1.21 bits per heavy atom. The van der Waals surface area contributed by atoms with Crippen molar-refractivity contribution >= 4 is 35.4 Å². The first-order chi connectivity index (χ1) is 13.0. The van der Waals surface area contributed by atoms with Crippen LogP contribution in [0.5, 0.6) is 0 Å². The Kier molecular flexibility index (Phi) is 7.84. The molecular weight excluding hydrogens is 403 g/mol. The standard InChI is InChI=1S/C20H28Cl2N2O4/c1-13-7-14(11-23-18(25)28-20(2,3)4)5-6-24(13)19(26)27-12-15-8-16(21)10-17(22)9-15/h8-10,13-14H,5-7,11-12H2,1-4H3,(H,23,25)/t13-,14+/m1/s1. The Bertz CT molecular complexity index is 686. The number of nitrogens with zero attached hydrogens (tertiary/aromatic N) is 1. The predicted molar refractivity (Wildman–Crippen MR) is 110 cm³/mol. The quantitative estimate of drug-likeness (QED) is 0.707. The van der Waals surface area contributed by atoms with E-state index in [0.717, 1.165) is 18.4 Å². The van der Waals surface area contributed by atoms with Crippen LogP contribution in [0.2, 0.25) is 10.0 Å². The van der Waals surface area contributed by atoms with E-state index in [2.05, 4.69) is 5.32 Å². The maximum absolute atomic E-state index is 12.4. The highest BCUT2D eigenvalue weighted by molar-refractivity contribution is 6.34. The summed E-state index contributed by atoms with van der Waals surface area (Å²) in [7, 11) is 0. The van der Waals surface area contributed by atoms with E-state index in [4.69, 9.17) is 32.7 Å². The van der Waals surface area contributed by atoms with Crippen LogP contribution in [0.25, 0.3) is 0 Å². The maximum atomic E-state index is 12.4. The summed E-state index contributed by atoms with van der Waals surface area (Å²) in [5, 5.41) is 3.82. The number of likely N-dealkylation sites (tertiary alicyclic amines) is 1. The van der Waals surface area contributed by atoms with Crippen molar-refractivity contribution in [3.8, 4) is 0 Å². The lowest BCUT2D eigenvalue weighted by Crippen LogP contribution is -2.47. The van der Waals surface area contributed by atoms with Gasteiger partial charge in [-0.25, -0.2) is 9.59 Å². The van der Waals surface area contributed by atoms with Gasteiger partial charge in [0.25, 0.3) is 0 Å². The molecule has 2 amide bonds. The van der Waals surface area contributed by atoms with Gasteiger partial charge in [0.05, 0.1) is 0 Å². The Morgan fingerprint density at radius 2 is 1.86 bits per heavy atom. The van der Waals surface area contributed by atoms with E-state index in [1.54, 1.807) is 23.1 Å². The number of piperidine rings is 1. The summed E-state index contributed by atoms with van der Waals surface area (Å²) >= 11 is 11.9. The van der Waals surface area contributed by atoms with Crippen LogP contribution in [0.1, 0.15) is 46.1 Å². The highest BCUT2D eigenvalue weighted by Gasteiger charge is 2.30. The number of alkyl carbamates (subject to hydrolysis) is 1. The first-order valence-electron chi connectivity index (χ1n) is 9.38. The highest BCUT2D eigenvalue weighted by Crippen LogP contribution is 2.24. The molecule has 28 heavy (non-hydrogen) atoms. The fraction of sp³-hybridized carbons (Fsp3) is 0.600. The SMILES string of the molecule is C[C@@H]1C[C@@H](CNC(=O)OC(C)(C)C)CCN1C(=O)OCc1cc(Cl)cc(Cl)c1. The average molecular weight is 431 g/mol. The van der Waals surface area contributed by atoms with Crippen molar-refractivity contribution in [1.29, 1.82) is 0 Å². The number of hydrogen-bond donors (Lipinski definition) is 1. The van der Waals surface area contributed by atoms with Gasteiger partial charge in [0.15, 0.2) is 0 Å². The molecule has 0 aromatic heterocycles. The van der Waals surface area contributed by atoms with Gasteiger partial charge in [0, 0.05) is 29.2 Å². The molecule has 2 rings (SSSR count). The van der Waals surface area contributed by atoms with Gasteiger partial charge in [0.1, 0.15) is 12.2 Å². The van der Waals surface area contributed by atoms with Crippen molar-refractivity contribution in [2.45, 2.75) is 58.8 Å². The number of carbonyl (C=O) groups excluding carboxylic acids is 2. The molecule has 1 aromatic rings. The molecule has 8 heteroatoms. The zero-order valence-corrected chi connectivity index (χ0v) is 18.3. The second-order valence-corrected chi connectivity index (χ2v) is 9.02. The smallest absolute Gasteiger partial charge is 0.410 e. The zero-order valence-electron chi connectivity index (χ0n) is 16.8. The molecule has 156 valence electrons. The Hall–Kier alpha value is -1.66. The molecule has 1 saturated heterocycles. The van der Waals surface area contributed by atoms with E-state index in [1.165, 1.54) is 0 Å². The molecule has 1 N–H and O–H groups in total. The Labute approximate surface area is 176 Å². The van der Waals surface area contributed by atoms with E-state index in [9.17, 15) is 9.59 Å². The molecule has 2 atom stereocenters. The molecule has 0 unspecified atom stereocenters. The third-order valence-electron chi connectivity index (χ3n) is 4.44. The molecule has 0 radical (unpaired) electrons. The number of amides is 2. The minimum Gasteiger partial charge on any atom is -0.445 e. The third-order valence-corrected chi connectivity index (χ3v) is 4.87. The zero-order chi connectivity index (χ0) is 20.9. The molecule has 0 saturated carbocycles. The van der Waals surface area contributed by atoms with Crippen LogP contribution in [-0.4, -0.2) is 41.8 Å². The van der Waals surface area contributed by atoms with Crippen LogP contribution in [0.4, 0.5) is 9.59 Å². The van der Waals surface area contributed by atoms with Crippen molar-refractivity contribution in [1.82, 2.24) is 10.2 Å². The fourth-order valence-corrected chi connectivity index (χ4v) is 3.76. The van der Waals surface area contributed by atoms with Gasteiger partial charge in [-0.1, -0.05) is 23.2 Å². The molecule has 1 aromatic carbocycles. The topological polar surface area (TPSA) is 67.9 Å². The first kappa shape index (κ1) is 22.6. The van der Waals surface area contributed by atoms with Crippen LogP contribution in [-0.2, 0) is 16.1 Å². The Balaban J connectivity index is 1.78. The third kappa shape index (κ3) is 7.40. The van der Waals surface area contributed by atoms with E-state index >= 15 is 0 Å². The number of nitrogens with one attached hydrogen (secondary N) is 1. The molecule has 0 bridgehead atoms. The summed E-state index contributed by atoms with van der Waals surface area (Å²) in [5.74, 6) is 0.290. The average Bonchev–Trinajstić information content (AvgIpc) is 2.55. The molecule has 1 aliphatic rings. The summed E-state index contributed by atoms with van der Waals surface area (Å²) in [5.41, 5.74) is 0.229. The molecule has 1 heterocycles. The maximum Gasteiger partial charge on any atom is 0.410 e.